The second-order valence-corrected chi connectivity index (χ2v) is 8.61. The Morgan fingerprint density at radius 1 is 1.06 bits per heavy atom. The van der Waals surface area contributed by atoms with Crippen molar-refractivity contribution >= 4 is 17.2 Å². The summed E-state index contributed by atoms with van der Waals surface area (Å²) in [4.78, 5) is 27.8. The van der Waals surface area contributed by atoms with E-state index in [1.54, 1.807) is 18.5 Å². The molecular weight excluding hydrogens is 471 g/mol. The summed E-state index contributed by atoms with van der Waals surface area (Å²) in [6.45, 7) is 3.19. The number of hydrogen-bond acceptors (Lipinski definition) is 6. The second-order valence-electron chi connectivity index (χ2n) is 8.61. The zero-order chi connectivity index (χ0) is 25.1. The van der Waals surface area contributed by atoms with Gasteiger partial charge in [-0.3, -0.25) is 9.78 Å². The molecule has 36 heavy (non-hydrogen) atoms. The van der Waals surface area contributed by atoms with Crippen LogP contribution in [-0.2, 0) is 23.8 Å². The van der Waals surface area contributed by atoms with E-state index < -0.39 is 17.6 Å². The first-order chi connectivity index (χ1) is 17.4. The van der Waals surface area contributed by atoms with Crippen molar-refractivity contribution in [2.75, 3.05) is 37.7 Å². The zero-order valence-electron chi connectivity index (χ0n) is 19.4. The van der Waals surface area contributed by atoms with E-state index in [0.717, 1.165) is 53.3 Å². The maximum absolute atomic E-state index is 12.9. The van der Waals surface area contributed by atoms with Crippen LogP contribution < -0.4 is 10.2 Å². The van der Waals surface area contributed by atoms with Crippen LogP contribution in [0.4, 0.5) is 18.9 Å². The van der Waals surface area contributed by atoms with E-state index >= 15 is 0 Å². The van der Waals surface area contributed by atoms with E-state index in [2.05, 4.69) is 37.3 Å². The van der Waals surface area contributed by atoms with Gasteiger partial charge >= 0.3 is 6.18 Å². The highest BCUT2D eigenvalue weighted by Crippen LogP contribution is 2.34. The molecule has 7 nitrogen and oxygen atoms in total. The highest BCUT2D eigenvalue weighted by Gasteiger charge is 2.30. The van der Waals surface area contributed by atoms with Crippen molar-refractivity contribution in [3.8, 4) is 0 Å². The summed E-state index contributed by atoms with van der Waals surface area (Å²) in [5.74, 6) is -0.479. The SMILES string of the molecule is O=C(NCCc1cccc(C(F)(F)F)c1)c1ncc(C2=CCc3ncc(N4CCOCC4)cc32)cn1. The number of morpholine rings is 1. The van der Waals surface area contributed by atoms with Gasteiger partial charge in [-0.2, -0.15) is 13.2 Å². The van der Waals surface area contributed by atoms with Gasteiger partial charge in [0.25, 0.3) is 5.91 Å². The lowest BCUT2D eigenvalue weighted by molar-refractivity contribution is -0.137. The summed E-state index contributed by atoms with van der Waals surface area (Å²) < 4.78 is 44.0. The minimum atomic E-state index is -4.40. The minimum Gasteiger partial charge on any atom is -0.378 e. The topological polar surface area (TPSA) is 80.2 Å². The first kappa shape index (κ1) is 23.9. The third-order valence-electron chi connectivity index (χ3n) is 6.24. The van der Waals surface area contributed by atoms with Crippen LogP contribution in [0.25, 0.3) is 5.57 Å². The number of carbonyl (C=O) groups excluding carboxylic acids is 1. The number of nitrogens with one attached hydrogen (secondary N) is 1. The molecule has 0 atom stereocenters. The number of anilines is 1. The summed E-state index contributed by atoms with van der Waals surface area (Å²) in [6.07, 6.45) is 3.76. The second kappa shape index (κ2) is 10.1. The standard InChI is InChI=1S/C26H24F3N5O2/c27-26(28,29)19-3-1-2-17(12-19)6-7-30-25(35)24-32-14-18(15-33-24)21-4-5-23-22(21)13-20(16-31-23)34-8-10-36-11-9-34/h1-4,12-16H,5-11H2,(H,30,35). The van der Waals surface area contributed by atoms with Gasteiger partial charge in [0.1, 0.15) is 0 Å². The number of rotatable bonds is 6. The van der Waals surface area contributed by atoms with Gasteiger partial charge in [0, 0.05) is 49.6 Å². The van der Waals surface area contributed by atoms with Crippen molar-refractivity contribution in [3.05, 3.63) is 88.8 Å². The van der Waals surface area contributed by atoms with Gasteiger partial charge in [0.2, 0.25) is 5.82 Å². The first-order valence-electron chi connectivity index (χ1n) is 11.7. The monoisotopic (exact) mass is 495 g/mol. The van der Waals surface area contributed by atoms with Crippen molar-refractivity contribution in [1.82, 2.24) is 20.3 Å². The summed E-state index contributed by atoms with van der Waals surface area (Å²) in [7, 11) is 0. The molecule has 0 unspecified atom stereocenters. The molecule has 0 saturated carbocycles. The van der Waals surface area contributed by atoms with E-state index in [1.807, 2.05) is 6.20 Å². The van der Waals surface area contributed by atoms with Crippen molar-refractivity contribution < 1.29 is 22.7 Å². The molecule has 0 radical (unpaired) electrons. The van der Waals surface area contributed by atoms with Crippen molar-refractivity contribution in [1.29, 1.82) is 0 Å². The number of carbonyl (C=O) groups is 1. The smallest absolute Gasteiger partial charge is 0.378 e. The highest BCUT2D eigenvalue weighted by molar-refractivity contribution is 5.91. The Bertz CT molecular complexity index is 1290. The van der Waals surface area contributed by atoms with Gasteiger partial charge in [0.05, 0.1) is 36.4 Å². The number of pyridine rings is 1. The van der Waals surface area contributed by atoms with Crippen LogP contribution in [0.15, 0.2) is 55.0 Å². The van der Waals surface area contributed by atoms with Gasteiger partial charge in [0.15, 0.2) is 0 Å². The Hall–Kier alpha value is -3.79. The summed E-state index contributed by atoms with van der Waals surface area (Å²) in [5, 5.41) is 2.67. The number of benzene rings is 1. The number of amides is 1. The Kier molecular flexibility index (Phi) is 6.69. The number of allylic oxidation sites excluding steroid dienone is 1. The minimum absolute atomic E-state index is 0.00167. The number of nitrogens with zero attached hydrogens (tertiary/aromatic N) is 4. The first-order valence-corrected chi connectivity index (χ1v) is 11.7. The van der Waals surface area contributed by atoms with Crippen LogP contribution in [0.3, 0.4) is 0 Å². The fraction of sp³-hybridized carbons (Fsp3) is 0.308. The Labute approximate surface area is 206 Å². The lowest BCUT2D eigenvalue weighted by Gasteiger charge is -2.29. The predicted molar refractivity (Wildman–Crippen MR) is 128 cm³/mol. The molecule has 1 amide bonds. The Morgan fingerprint density at radius 2 is 1.83 bits per heavy atom. The molecule has 0 bridgehead atoms. The maximum atomic E-state index is 12.9. The van der Waals surface area contributed by atoms with Crippen LogP contribution in [0.2, 0.25) is 0 Å². The number of fused-ring (bicyclic) bond motifs is 1. The predicted octanol–water partition coefficient (Wildman–Crippen LogP) is 3.69. The Balaban J connectivity index is 1.21. The van der Waals surface area contributed by atoms with Gasteiger partial charge in [-0.15, -0.1) is 0 Å². The van der Waals surface area contributed by atoms with Crippen LogP contribution in [0, 0.1) is 0 Å². The van der Waals surface area contributed by atoms with Gasteiger partial charge in [-0.1, -0.05) is 24.3 Å². The summed E-state index contributed by atoms with van der Waals surface area (Å²) >= 11 is 0. The largest absolute Gasteiger partial charge is 0.416 e. The van der Waals surface area contributed by atoms with E-state index in [0.29, 0.717) is 25.2 Å². The highest BCUT2D eigenvalue weighted by atomic mass is 19.4. The lowest BCUT2D eigenvalue weighted by atomic mass is 10.0. The molecule has 1 aromatic carbocycles. The number of halogens is 3. The van der Waals surface area contributed by atoms with E-state index in [9.17, 15) is 18.0 Å². The molecule has 10 heteroatoms. The molecular formula is C26H24F3N5O2. The molecule has 2 aromatic heterocycles. The Morgan fingerprint density at radius 3 is 2.58 bits per heavy atom. The zero-order valence-corrected chi connectivity index (χ0v) is 19.4. The molecule has 5 rings (SSSR count). The molecule has 1 saturated heterocycles. The fourth-order valence-corrected chi connectivity index (χ4v) is 4.34. The molecule has 3 heterocycles. The number of hydrogen-bond donors (Lipinski definition) is 1. The van der Waals surface area contributed by atoms with Gasteiger partial charge < -0.3 is 15.0 Å². The fourth-order valence-electron chi connectivity index (χ4n) is 4.34. The molecule has 0 spiro atoms. The van der Waals surface area contributed by atoms with E-state index in [-0.39, 0.29) is 18.8 Å². The average molecular weight is 496 g/mol. The van der Waals surface area contributed by atoms with Crippen LogP contribution in [0.5, 0.6) is 0 Å². The third kappa shape index (κ3) is 5.23. The average Bonchev–Trinajstić information content (AvgIpc) is 3.32. The third-order valence-corrected chi connectivity index (χ3v) is 6.24. The molecule has 3 aromatic rings. The molecule has 1 fully saturated rings. The lowest BCUT2D eigenvalue weighted by Crippen LogP contribution is -2.36. The van der Waals surface area contributed by atoms with E-state index in [1.165, 1.54) is 6.07 Å². The van der Waals surface area contributed by atoms with Gasteiger partial charge in [-0.05, 0) is 29.7 Å². The van der Waals surface area contributed by atoms with Crippen molar-refractivity contribution in [3.63, 3.8) is 0 Å². The molecule has 186 valence electrons. The molecule has 2 aliphatic rings. The van der Waals surface area contributed by atoms with Crippen LogP contribution >= 0.6 is 0 Å². The molecule has 1 N–H and O–H groups in total. The normalized spacial score (nSPS) is 15.4. The van der Waals surface area contributed by atoms with Gasteiger partial charge in [-0.25, -0.2) is 9.97 Å². The quantitative estimate of drug-likeness (QED) is 0.562. The summed E-state index contributed by atoms with van der Waals surface area (Å²) in [5.41, 5.74) is 4.60. The molecule has 1 aliphatic carbocycles. The van der Waals surface area contributed by atoms with Crippen LogP contribution in [-0.4, -0.2) is 53.7 Å². The number of alkyl halides is 3. The van der Waals surface area contributed by atoms with Crippen LogP contribution in [0.1, 0.15) is 38.6 Å². The summed E-state index contributed by atoms with van der Waals surface area (Å²) in [6, 6.07) is 7.19. The maximum Gasteiger partial charge on any atom is 0.416 e. The van der Waals surface area contributed by atoms with Crippen molar-refractivity contribution in [2.45, 2.75) is 19.0 Å². The number of aromatic nitrogens is 3. The number of ether oxygens (including phenoxy) is 1. The molecule has 1 aliphatic heterocycles. The van der Waals surface area contributed by atoms with Crippen molar-refractivity contribution in [2.24, 2.45) is 0 Å². The van der Waals surface area contributed by atoms with E-state index in [4.69, 9.17) is 4.74 Å².